The SMILES string of the molecule is CCCCCCOc1ccc(/C=C/c2ccc(CO)cc2)cc1. The van der Waals surface area contributed by atoms with Crippen molar-refractivity contribution in [1.29, 1.82) is 0 Å². The molecular formula is C21H26O2. The van der Waals surface area contributed by atoms with Gasteiger partial charge >= 0.3 is 0 Å². The van der Waals surface area contributed by atoms with Crippen molar-refractivity contribution in [1.82, 2.24) is 0 Å². The molecule has 0 saturated heterocycles. The van der Waals surface area contributed by atoms with Gasteiger partial charge < -0.3 is 9.84 Å². The second kappa shape index (κ2) is 9.86. The van der Waals surface area contributed by atoms with E-state index in [2.05, 4.69) is 31.2 Å². The van der Waals surface area contributed by atoms with Gasteiger partial charge in [0.15, 0.2) is 0 Å². The van der Waals surface area contributed by atoms with Gasteiger partial charge in [0.1, 0.15) is 5.75 Å². The maximum absolute atomic E-state index is 9.04. The minimum Gasteiger partial charge on any atom is -0.494 e. The highest BCUT2D eigenvalue weighted by Crippen LogP contribution is 2.15. The van der Waals surface area contributed by atoms with Crippen molar-refractivity contribution in [3.8, 4) is 5.75 Å². The Kier molecular flexibility index (Phi) is 7.41. The van der Waals surface area contributed by atoms with Gasteiger partial charge in [0.05, 0.1) is 13.2 Å². The van der Waals surface area contributed by atoms with Gasteiger partial charge in [-0.25, -0.2) is 0 Å². The van der Waals surface area contributed by atoms with Crippen LogP contribution in [0.5, 0.6) is 5.75 Å². The smallest absolute Gasteiger partial charge is 0.119 e. The first-order chi connectivity index (χ1) is 11.3. The van der Waals surface area contributed by atoms with Gasteiger partial charge in [-0.15, -0.1) is 0 Å². The Morgan fingerprint density at radius 1 is 0.826 bits per heavy atom. The largest absolute Gasteiger partial charge is 0.494 e. The van der Waals surface area contributed by atoms with Crippen molar-refractivity contribution in [3.05, 3.63) is 65.2 Å². The molecule has 0 radical (unpaired) electrons. The van der Waals surface area contributed by atoms with Crippen LogP contribution < -0.4 is 4.74 Å². The Bertz CT molecular complexity index is 582. The topological polar surface area (TPSA) is 29.5 Å². The van der Waals surface area contributed by atoms with Crippen molar-refractivity contribution in [3.63, 3.8) is 0 Å². The fourth-order valence-corrected chi connectivity index (χ4v) is 2.32. The van der Waals surface area contributed by atoms with Gasteiger partial charge in [-0.1, -0.05) is 74.7 Å². The highest BCUT2D eigenvalue weighted by atomic mass is 16.5. The summed E-state index contributed by atoms with van der Waals surface area (Å²) in [5.41, 5.74) is 3.20. The van der Waals surface area contributed by atoms with Crippen LogP contribution in [-0.2, 0) is 6.61 Å². The fourth-order valence-electron chi connectivity index (χ4n) is 2.32. The molecule has 0 bridgehead atoms. The summed E-state index contributed by atoms with van der Waals surface area (Å²) in [5.74, 6) is 0.936. The molecule has 0 aliphatic heterocycles. The first-order valence-corrected chi connectivity index (χ1v) is 8.42. The number of benzene rings is 2. The van der Waals surface area contributed by atoms with E-state index in [-0.39, 0.29) is 6.61 Å². The molecule has 0 fully saturated rings. The standard InChI is InChI=1S/C21H26O2/c1-2-3-4-5-16-23-21-14-12-19(13-15-21)7-6-18-8-10-20(17-22)11-9-18/h6-15,22H,2-5,16-17H2,1H3/b7-6+. The number of rotatable bonds is 9. The lowest BCUT2D eigenvalue weighted by Gasteiger charge is -2.06. The van der Waals surface area contributed by atoms with Gasteiger partial charge in [0.2, 0.25) is 0 Å². The molecule has 0 aliphatic carbocycles. The normalized spacial score (nSPS) is 11.0. The number of hydrogen-bond acceptors (Lipinski definition) is 2. The molecule has 2 nitrogen and oxygen atoms in total. The van der Waals surface area contributed by atoms with E-state index in [9.17, 15) is 0 Å². The Morgan fingerprint density at radius 2 is 1.43 bits per heavy atom. The van der Waals surface area contributed by atoms with E-state index >= 15 is 0 Å². The summed E-state index contributed by atoms with van der Waals surface area (Å²) in [7, 11) is 0. The summed E-state index contributed by atoms with van der Waals surface area (Å²) in [4.78, 5) is 0. The van der Waals surface area contributed by atoms with Crippen LogP contribution in [0, 0.1) is 0 Å². The van der Waals surface area contributed by atoms with Crippen molar-refractivity contribution in [2.75, 3.05) is 6.61 Å². The number of aliphatic hydroxyl groups is 1. The van der Waals surface area contributed by atoms with Gasteiger partial charge in [0, 0.05) is 0 Å². The Labute approximate surface area is 139 Å². The third-order valence-corrected chi connectivity index (χ3v) is 3.78. The lowest BCUT2D eigenvalue weighted by Crippen LogP contribution is -1.96. The molecule has 23 heavy (non-hydrogen) atoms. The van der Waals surface area contributed by atoms with Gasteiger partial charge in [-0.05, 0) is 35.2 Å². The van der Waals surface area contributed by atoms with E-state index in [1.807, 2.05) is 36.4 Å². The van der Waals surface area contributed by atoms with Crippen LogP contribution in [0.4, 0.5) is 0 Å². The quantitative estimate of drug-likeness (QED) is 0.502. The predicted octanol–water partition coefficient (Wildman–Crippen LogP) is 5.31. The Hall–Kier alpha value is -2.06. The molecule has 1 N–H and O–H groups in total. The van der Waals surface area contributed by atoms with Crippen LogP contribution >= 0.6 is 0 Å². The number of ether oxygens (including phenoxy) is 1. The van der Waals surface area contributed by atoms with Crippen molar-refractivity contribution in [2.24, 2.45) is 0 Å². The van der Waals surface area contributed by atoms with E-state index in [0.717, 1.165) is 35.5 Å². The summed E-state index contributed by atoms with van der Waals surface area (Å²) in [6, 6.07) is 16.1. The molecule has 0 amide bonds. The summed E-state index contributed by atoms with van der Waals surface area (Å²) >= 11 is 0. The van der Waals surface area contributed by atoms with Crippen LogP contribution in [0.2, 0.25) is 0 Å². The first-order valence-electron chi connectivity index (χ1n) is 8.42. The molecule has 0 atom stereocenters. The molecule has 0 spiro atoms. The molecule has 2 heteroatoms. The molecule has 2 aromatic rings. The Balaban J connectivity index is 1.82. The van der Waals surface area contributed by atoms with Crippen molar-refractivity contribution in [2.45, 2.75) is 39.2 Å². The lowest BCUT2D eigenvalue weighted by atomic mass is 10.1. The molecule has 122 valence electrons. The van der Waals surface area contributed by atoms with Crippen LogP contribution in [0.3, 0.4) is 0 Å². The van der Waals surface area contributed by atoms with Crippen LogP contribution in [0.25, 0.3) is 12.2 Å². The van der Waals surface area contributed by atoms with E-state index in [1.165, 1.54) is 19.3 Å². The van der Waals surface area contributed by atoms with Crippen LogP contribution in [0.1, 0.15) is 49.3 Å². The number of aliphatic hydroxyl groups excluding tert-OH is 1. The minimum absolute atomic E-state index is 0.0872. The van der Waals surface area contributed by atoms with E-state index in [4.69, 9.17) is 9.84 Å². The van der Waals surface area contributed by atoms with Gasteiger partial charge in [-0.3, -0.25) is 0 Å². The summed E-state index contributed by atoms with van der Waals surface area (Å²) < 4.78 is 5.75. The van der Waals surface area contributed by atoms with Crippen LogP contribution in [0.15, 0.2) is 48.5 Å². The third kappa shape index (κ3) is 6.29. The first kappa shape index (κ1) is 17.3. The third-order valence-electron chi connectivity index (χ3n) is 3.78. The predicted molar refractivity (Wildman–Crippen MR) is 97.4 cm³/mol. The second-order valence-electron chi connectivity index (χ2n) is 5.71. The average molecular weight is 310 g/mol. The van der Waals surface area contributed by atoms with Crippen LogP contribution in [-0.4, -0.2) is 11.7 Å². The van der Waals surface area contributed by atoms with Crippen molar-refractivity contribution < 1.29 is 9.84 Å². The second-order valence-corrected chi connectivity index (χ2v) is 5.71. The number of unbranched alkanes of at least 4 members (excludes halogenated alkanes) is 3. The molecule has 0 heterocycles. The zero-order chi connectivity index (χ0) is 16.3. The number of hydrogen-bond donors (Lipinski definition) is 1. The highest BCUT2D eigenvalue weighted by Gasteiger charge is 1.95. The highest BCUT2D eigenvalue weighted by molar-refractivity contribution is 5.69. The molecule has 0 aliphatic rings. The molecular weight excluding hydrogens is 284 g/mol. The van der Waals surface area contributed by atoms with E-state index < -0.39 is 0 Å². The van der Waals surface area contributed by atoms with Gasteiger partial charge in [-0.2, -0.15) is 0 Å². The van der Waals surface area contributed by atoms with Gasteiger partial charge in [0.25, 0.3) is 0 Å². The zero-order valence-corrected chi connectivity index (χ0v) is 13.9. The van der Waals surface area contributed by atoms with E-state index in [1.54, 1.807) is 0 Å². The Morgan fingerprint density at radius 3 is 2.00 bits per heavy atom. The molecule has 0 saturated carbocycles. The maximum atomic E-state index is 9.04. The molecule has 2 rings (SSSR count). The molecule has 0 unspecified atom stereocenters. The fraction of sp³-hybridized carbons (Fsp3) is 0.333. The summed E-state index contributed by atoms with van der Waals surface area (Å²) in [6.45, 7) is 3.10. The summed E-state index contributed by atoms with van der Waals surface area (Å²) in [5, 5.41) is 9.04. The molecule has 0 aromatic heterocycles. The lowest BCUT2D eigenvalue weighted by molar-refractivity contribution is 0.282. The average Bonchev–Trinajstić information content (AvgIpc) is 2.61. The minimum atomic E-state index is 0.0872. The molecule has 2 aromatic carbocycles. The maximum Gasteiger partial charge on any atom is 0.119 e. The van der Waals surface area contributed by atoms with E-state index in [0.29, 0.717) is 0 Å². The zero-order valence-electron chi connectivity index (χ0n) is 13.9. The summed E-state index contributed by atoms with van der Waals surface area (Å²) in [6.07, 6.45) is 9.06. The van der Waals surface area contributed by atoms with Crippen molar-refractivity contribution >= 4 is 12.2 Å². The monoisotopic (exact) mass is 310 g/mol.